The number of halogens is 2. The molecule has 0 saturated heterocycles. The Morgan fingerprint density at radius 2 is 0.691 bits per heavy atom. The van der Waals surface area contributed by atoms with Crippen LogP contribution in [-0.4, -0.2) is 218 Å². The minimum atomic E-state index is -1.25. The van der Waals surface area contributed by atoms with E-state index in [9.17, 15) is 87.9 Å². The summed E-state index contributed by atoms with van der Waals surface area (Å²) in [7, 11) is 4.24. The summed E-state index contributed by atoms with van der Waals surface area (Å²) in [4.78, 5) is 192. The van der Waals surface area contributed by atoms with E-state index in [1.54, 1.807) is 62.3 Å². The number of ether oxygens (including phenoxy) is 15. The minimum Gasteiger partial charge on any atom is -0.460 e. The highest BCUT2D eigenvalue weighted by Gasteiger charge is 2.48. The van der Waals surface area contributed by atoms with Gasteiger partial charge in [0, 0.05) is 91.9 Å². The Labute approximate surface area is 718 Å². The number of carbonyl (C=O) groups excluding carboxylic acids is 12. The largest absolute Gasteiger partial charge is 0.460 e. The number of nitrogens with two attached hydrogens (primary N) is 1. The number of nitrogens with zero attached hydrogens (tertiary/aromatic N) is 6. The van der Waals surface area contributed by atoms with Crippen molar-refractivity contribution < 1.29 is 143 Å². The van der Waals surface area contributed by atoms with Gasteiger partial charge >= 0.3 is 72.1 Å². The van der Waals surface area contributed by atoms with Crippen LogP contribution in [0.1, 0.15) is 152 Å². The first-order valence-corrected chi connectivity index (χ1v) is 37.9. The number of hydrogen-bond donors (Lipinski definition) is 2. The molecule has 123 heavy (non-hydrogen) atoms. The van der Waals surface area contributed by atoms with Crippen molar-refractivity contribution in [3.05, 3.63) is 187 Å². The van der Waals surface area contributed by atoms with E-state index in [1.165, 1.54) is 150 Å². The molecule has 3 aromatic carbocycles. The van der Waals surface area contributed by atoms with Gasteiger partial charge in [0.05, 0.1) is 104 Å². The third kappa shape index (κ3) is 29.1. The number of hydrogen-bond acceptors (Lipinski definition) is 34. The average Bonchev–Trinajstić information content (AvgIpc) is 0.754. The molecule has 41 nitrogen and oxygen atoms in total. The fraction of sp³-hybridized carbons (Fsp3) is 0.475. The second-order valence-corrected chi connectivity index (χ2v) is 28.5. The lowest BCUT2D eigenvalue weighted by molar-refractivity contribution is -0.385. The summed E-state index contributed by atoms with van der Waals surface area (Å²) >= 11 is 5.57. The number of nitro groups is 3. The average molecular weight is 1770 g/mol. The number of allylic oxidation sites excluding steroid dienone is 6. The fourth-order valence-electron chi connectivity index (χ4n) is 12.1. The second-order valence-electron chi connectivity index (χ2n) is 28.3. The van der Waals surface area contributed by atoms with Gasteiger partial charge in [-0.15, -0.1) is 12.4 Å². The molecule has 0 aromatic heterocycles. The van der Waals surface area contributed by atoms with Gasteiger partial charge < -0.3 is 82.1 Å². The number of nitrogens with one attached hydrogen (secondary N) is 1. The lowest BCUT2D eigenvalue weighted by Crippen LogP contribution is -2.43. The summed E-state index contributed by atoms with van der Waals surface area (Å²) in [6, 6.07) is 13.6. The Bertz CT molecular complexity index is 4630. The molecule has 3 aromatic rings. The number of benzene rings is 3. The summed E-state index contributed by atoms with van der Waals surface area (Å²) < 4.78 is 77.2. The number of amides is 4. The van der Waals surface area contributed by atoms with E-state index < -0.39 is 160 Å². The van der Waals surface area contributed by atoms with E-state index >= 15 is 0 Å². The molecule has 6 rings (SSSR count). The SMILES string of the molecule is COCCOC(=O)C1=C(C)N(C(=O)OCCl)C(C)=C(C(=O)OC(C)C)C1c1cccc([N+](=O)[O-])c1.COCCOC(=O)C1=C(C)N(C(=O)OCOC(=O)[C@H](C)N)C(C)=C(C(=O)OC(C)C)C1c1cccc([N+](=O)[O-])c1.COCCOC(=O)C1=C(C)N(C(=O)OCOC(=O)[C@H](C)NC(=O)OC(C)(C)C)C(C)=C(C(=O)OC(C)C)C1c1cccc([N+](=O)[O-])c1.Cl. The fourth-order valence-corrected chi connectivity index (χ4v) is 12.2. The molecule has 0 saturated carbocycles. The Morgan fingerprint density at radius 3 is 0.935 bits per heavy atom. The van der Waals surface area contributed by atoms with Gasteiger partial charge in [0.15, 0.2) is 6.07 Å². The summed E-state index contributed by atoms with van der Waals surface area (Å²) in [5, 5.41) is 36.9. The smallest absolute Gasteiger partial charge is 0.421 e. The second kappa shape index (κ2) is 48.9. The molecule has 3 heterocycles. The van der Waals surface area contributed by atoms with E-state index in [2.05, 4.69) is 5.32 Å². The number of alkyl halides is 1. The number of methoxy groups -OCH3 is 3. The van der Waals surface area contributed by atoms with Crippen LogP contribution >= 0.6 is 24.0 Å². The number of alkyl carbamates (subject to hydrolysis) is 1. The van der Waals surface area contributed by atoms with Crippen molar-refractivity contribution in [3.8, 4) is 0 Å². The lowest BCUT2D eigenvalue weighted by Gasteiger charge is -2.36. The molecular formula is C80H102Cl2N8O33. The molecule has 5 atom stereocenters. The highest BCUT2D eigenvalue weighted by Crippen LogP contribution is 2.48. The lowest BCUT2D eigenvalue weighted by atomic mass is 9.79. The molecule has 3 unspecified atom stereocenters. The third-order valence-electron chi connectivity index (χ3n) is 17.2. The summed E-state index contributed by atoms with van der Waals surface area (Å²) in [6.07, 6.45) is -5.74. The number of carbonyl (C=O) groups is 12. The van der Waals surface area contributed by atoms with Crippen LogP contribution in [0.3, 0.4) is 0 Å². The first-order chi connectivity index (χ1) is 57.2. The van der Waals surface area contributed by atoms with Gasteiger partial charge in [-0.2, -0.15) is 0 Å². The summed E-state index contributed by atoms with van der Waals surface area (Å²) in [6.45, 7) is 24.0. The molecule has 674 valence electrons. The molecular weight excluding hydrogens is 1670 g/mol. The van der Waals surface area contributed by atoms with Gasteiger partial charge in [0.25, 0.3) is 17.1 Å². The minimum absolute atomic E-state index is 0. The van der Waals surface area contributed by atoms with Crippen LogP contribution in [0.15, 0.2) is 140 Å². The summed E-state index contributed by atoms with van der Waals surface area (Å²) in [5.41, 5.74) is 3.80. The molecule has 0 fully saturated rings. The first kappa shape index (κ1) is 105. The Balaban J connectivity index is 0.000000480. The molecule has 3 N–H and O–H groups in total. The van der Waals surface area contributed by atoms with Crippen molar-refractivity contribution in [3.63, 3.8) is 0 Å². The number of esters is 8. The molecule has 0 bridgehead atoms. The zero-order valence-electron chi connectivity index (χ0n) is 71.4. The Hall–Kier alpha value is -12.4. The standard InChI is InChI=1S/C31H41N3O13.C26H33N3O11.C23H27ClN2O9.ClH/c1-17(2)46-28(37)24-20(5)33(30(39)45-16-44-26(35)18(3)32-29(38)47-31(6,7)8)19(4)23(27(36)43-14-13-42-9)25(24)21-11-10-12-22(15-21)34(40)41;1-14(2)40-25(32)21-17(5)28(26(33)39-13-38-23(30)15(3)27)16(4)20(24(31)37-11-10-36-6)22(21)18-8-7-9-19(12-18)29(34)35;1-13(2)35-22(28)19-15(4)25(23(29)34-12-24)14(3)18(21(27)33-10-9-32-5)20(19)16-7-6-8-17(11-16)26(30)31;/h10-12,15,17-18,25H,13-14,16H2,1-9H3,(H,32,38);7-9,12,14-15,22H,10-11,13,27H2,1-6H3;6-8,11,13,20H,9-10,12H2,1-5H3;1H/t18-,25?;15-,22?;;/m00../s1. The van der Waals surface area contributed by atoms with Crippen LogP contribution in [0.5, 0.6) is 0 Å². The van der Waals surface area contributed by atoms with Crippen LogP contribution in [0.4, 0.5) is 36.2 Å². The maximum absolute atomic E-state index is 13.6. The molecule has 3 aliphatic rings. The predicted molar refractivity (Wildman–Crippen MR) is 433 cm³/mol. The Kier molecular flexibility index (Phi) is 41.6. The molecule has 0 radical (unpaired) electrons. The van der Waals surface area contributed by atoms with Crippen LogP contribution < -0.4 is 11.1 Å². The predicted octanol–water partition coefficient (Wildman–Crippen LogP) is 11.3. The van der Waals surface area contributed by atoms with Crippen LogP contribution in [0.25, 0.3) is 0 Å². The first-order valence-electron chi connectivity index (χ1n) is 37.4. The van der Waals surface area contributed by atoms with Crippen LogP contribution in [0, 0.1) is 30.3 Å². The third-order valence-corrected chi connectivity index (χ3v) is 17.3. The molecule has 3 aliphatic heterocycles. The molecule has 0 aliphatic carbocycles. The van der Waals surface area contributed by atoms with Crippen LogP contribution in [-0.2, 0) is 109 Å². The summed E-state index contributed by atoms with van der Waals surface area (Å²) in [5.74, 6) is -10.6. The highest BCUT2D eigenvalue weighted by atomic mass is 35.5. The highest BCUT2D eigenvalue weighted by molar-refractivity contribution is 6.17. The normalized spacial score (nSPS) is 15.7. The van der Waals surface area contributed by atoms with E-state index in [0.717, 1.165) is 14.7 Å². The quantitative estimate of drug-likeness (QED) is 0.0111. The maximum Gasteiger partial charge on any atom is 0.421 e. The zero-order valence-corrected chi connectivity index (χ0v) is 73.0. The van der Waals surface area contributed by atoms with E-state index in [4.69, 9.17) is 88.4 Å². The van der Waals surface area contributed by atoms with Crippen LogP contribution in [0.2, 0.25) is 0 Å². The van der Waals surface area contributed by atoms with Gasteiger partial charge in [-0.05, 0) is 134 Å². The monoisotopic (exact) mass is 1770 g/mol. The molecule has 43 heteroatoms. The van der Waals surface area contributed by atoms with E-state index in [1.807, 2.05) is 0 Å². The van der Waals surface area contributed by atoms with Crippen molar-refractivity contribution >= 4 is 113 Å². The number of nitro benzene ring substituents is 3. The Morgan fingerprint density at radius 1 is 0.423 bits per heavy atom. The molecule has 0 spiro atoms. The van der Waals surface area contributed by atoms with Crippen molar-refractivity contribution in [2.24, 2.45) is 5.73 Å². The van der Waals surface area contributed by atoms with Crippen molar-refractivity contribution in [2.75, 3.05) is 80.6 Å². The zero-order chi connectivity index (χ0) is 92.1. The van der Waals surface area contributed by atoms with Crippen molar-refractivity contribution in [2.45, 2.75) is 171 Å². The van der Waals surface area contributed by atoms with Gasteiger partial charge in [0.1, 0.15) is 37.5 Å². The number of rotatable bonds is 32. The van der Waals surface area contributed by atoms with Gasteiger partial charge in [0.2, 0.25) is 13.6 Å². The van der Waals surface area contributed by atoms with Gasteiger partial charge in [-0.3, -0.25) is 49.8 Å². The number of non-ortho nitro benzene ring substituents is 3. The van der Waals surface area contributed by atoms with Crippen molar-refractivity contribution in [1.29, 1.82) is 0 Å². The van der Waals surface area contributed by atoms with Gasteiger partial charge in [-0.1, -0.05) is 48.0 Å². The molecule has 4 amide bonds. The van der Waals surface area contributed by atoms with E-state index in [0.29, 0.717) is 0 Å². The van der Waals surface area contributed by atoms with Crippen molar-refractivity contribution in [1.82, 2.24) is 20.0 Å². The maximum atomic E-state index is 13.6. The van der Waals surface area contributed by atoms with E-state index in [-0.39, 0.29) is 153 Å². The topological polar surface area (TPSA) is 520 Å². The van der Waals surface area contributed by atoms with Gasteiger partial charge in [-0.25, -0.2) is 52.7 Å².